The summed E-state index contributed by atoms with van der Waals surface area (Å²) in [7, 11) is 1.31. The summed E-state index contributed by atoms with van der Waals surface area (Å²) < 4.78 is 9.18. The van der Waals surface area contributed by atoms with Crippen LogP contribution in [0.1, 0.15) is 18.9 Å². The first kappa shape index (κ1) is 24.9. The van der Waals surface area contributed by atoms with E-state index in [4.69, 9.17) is 4.74 Å². The third-order valence-corrected chi connectivity index (χ3v) is 2.60. The Morgan fingerprint density at radius 2 is 1.85 bits per heavy atom. The first-order chi connectivity index (χ1) is 8.22. The fourth-order valence-electron chi connectivity index (χ4n) is 1.50. The normalized spacial score (nSPS) is 10.1. The monoisotopic (exact) mass is 366 g/mol. The predicted octanol–water partition coefficient (Wildman–Crippen LogP) is 3.36. The maximum absolute atomic E-state index is 10.7. The molecule has 120 valence electrons. The molecular formula is C14H25CuO3P2. The number of hydrogen-bond donors (Lipinski definition) is 0. The van der Waals surface area contributed by atoms with Crippen molar-refractivity contribution in [1.29, 1.82) is 0 Å². The fraction of sp³-hybridized carbons (Fsp3) is 0.429. The second-order valence-electron chi connectivity index (χ2n) is 4.00. The van der Waals surface area contributed by atoms with Gasteiger partial charge in [0, 0.05) is 0 Å². The molecule has 20 heavy (non-hydrogen) atoms. The Morgan fingerprint density at radius 3 is 2.40 bits per heavy atom. The van der Waals surface area contributed by atoms with Gasteiger partial charge in [-0.05, 0) is 18.6 Å². The van der Waals surface area contributed by atoms with Gasteiger partial charge in [0.25, 0.3) is 0 Å². The van der Waals surface area contributed by atoms with Gasteiger partial charge < -0.3 is 9.47 Å². The Labute approximate surface area is 139 Å². The van der Waals surface area contributed by atoms with Gasteiger partial charge in [-0.3, -0.25) is 6.42 Å². The maximum atomic E-state index is 10.7. The molecule has 0 saturated carbocycles. The largest absolute Gasteiger partial charge is 1.00 e. The number of carbonyl (C=O) groups is 1. The van der Waals surface area contributed by atoms with Crippen LogP contribution in [0.4, 0.5) is 4.79 Å². The molecule has 0 saturated heterocycles. The molecule has 0 aliphatic heterocycles. The Hall–Kier alpha value is -0.131. The topological polar surface area (TPSA) is 35.5 Å². The summed E-state index contributed by atoms with van der Waals surface area (Å²) in [6.07, 6.45) is 3.45. The molecule has 0 radical (unpaired) electrons. The standard InChI is InChI=1S/C14H19O3.Cu.2H3P/c1-12(10-11-17-14(15)16-2)8-9-13-6-4-3-5-7-13;;;/h3-7,10,12H,8-9,11H2,1-2H3;;2*1H3/q-1;+1;;/t12-;;;/m0.../s1. The van der Waals surface area contributed by atoms with Gasteiger partial charge >= 0.3 is 23.2 Å². The third-order valence-electron chi connectivity index (χ3n) is 2.60. The minimum absolute atomic E-state index is 0. The van der Waals surface area contributed by atoms with E-state index in [0.717, 1.165) is 12.8 Å². The van der Waals surface area contributed by atoms with E-state index in [9.17, 15) is 4.79 Å². The van der Waals surface area contributed by atoms with E-state index in [0.29, 0.717) is 12.5 Å². The summed E-state index contributed by atoms with van der Waals surface area (Å²) in [6, 6.07) is 10.4. The van der Waals surface area contributed by atoms with Crippen molar-refractivity contribution in [3.63, 3.8) is 0 Å². The van der Waals surface area contributed by atoms with Crippen molar-refractivity contribution in [1.82, 2.24) is 0 Å². The van der Waals surface area contributed by atoms with E-state index in [1.54, 1.807) is 0 Å². The molecule has 0 bridgehead atoms. The molecule has 2 unspecified atom stereocenters. The molecule has 0 N–H and O–H groups in total. The Kier molecular flexibility index (Phi) is 19.0. The minimum atomic E-state index is -0.628. The van der Waals surface area contributed by atoms with Crippen LogP contribution in [0.2, 0.25) is 0 Å². The molecular weight excluding hydrogens is 342 g/mol. The molecule has 1 aromatic carbocycles. The number of benzene rings is 1. The van der Waals surface area contributed by atoms with Crippen LogP contribution in [-0.4, -0.2) is 19.9 Å². The molecule has 0 aromatic heterocycles. The van der Waals surface area contributed by atoms with Crippen LogP contribution in [0.5, 0.6) is 0 Å². The van der Waals surface area contributed by atoms with Crippen molar-refractivity contribution in [3.8, 4) is 0 Å². The number of aryl methyl sites for hydroxylation is 1. The second kappa shape index (κ2) is 15.3. The summed E-state index contributed by atoms with van der Waals surface area (Å²) in [5.41, 5.74) is 1.33. The van der Waals surface area contributed by atoms with Gasteiger partial charge in [0.15, 0.2) is 0 Å². The average Bonchev–Trinajstić information content (AvgIpc) is 2.37. The van der Waals surface area contributed by atoms with Gasteiger partial charge in [0.2, 0.25) is 0 Å². The number of ether oxygens (including phenoxy) is 2. The van der Waals surface area contributed by atoms with E-state index in [-0.39, 0.29) is 36.9 Å². The smallest absolute Gasteiger partial charge is 0.467 e. The van der Waals surface area contributed by atoms with E-state index in [1.807, 2.05) is 24.6 Å². The molecule has 1 aromatic rings. The third kappa shape index (κ3) is 11.7. The molecule has 0 heterocycles. The summed E-state index contributed by atoms with van der Waals surface area (Å²) in [6.45, 7) is 2.42. The molecule has 1 rings (SSSR count). The van der Waals surface area contributed by atoms with Crippen LogP contribution < -0.4 is 0 Å². The van der Waals surface area contributed by atoms with Crippen LogP contribution in [0.3, 0.4) is 0 Å². The number of methoxy groups -OCH3 is 1. The van der Waals surface area contributed by atoms with E-state index >= 15 is 0 Å². The average molecular weight is 367 g/mol. The van der Waals surface area contributed by atoms with E-state index in [2.05, 4.69) is 23.8 Å². The zero-order chi connectivity index (χ0) is 12.5. The van der Waals surface area contributed by atoms with Crippen molar-refractivity contribution in [2.75, 3.05) is 13.7 Å². The molecule has 6 heteroatoms. The van der Waals surface area contributed by atoms with Crippen molar-refractivity contribution in [3.05, 3.63) is 42.3 Å². The number of carbonyl (C=O) groups excluding carboxylic acids is 1. The summed E-state index contributed by atoms with van der Waals surface area (Å²) in [4.78, 5) is 10.7. The van der Waals surface area contributed by atoms with Crippen molar-refractivity contribution in [2.24, 2.45) is 5.92 Å². The van der Waals surface area contributed by atoms with Crippen LogP contribution in [0.25, 0.3) is 0 Å². The van der Waals surface area contributed by atoms with Gasteiger partial charge in [-0.25, -0.2) is 4.79 Å². The summed E-state index contributed by atoms with van der Waals surface area (Å²) in [5, 5.41) is 0. The maximum Gasteiger partial charge on any atom is 1.00 e. The van der Waals surface area contributed by atoms with Gasteiger partial charge in [-0.1, -0.05) is 43.7 Å². The molecule has 0 spiro atoms. The predicted molar refractivity (Wildman–Crippen MR) is 88.8 cm³/mol. The fourth-order valence-corrected chi connectivity index (χ4v) is 1.50. The molecule has 0 amide bonds. The molecule has 0 aliphatic carbocycles. The van der Waals surface area contributed by atoms with Crippen molar-refractivity contribution >= 4 is 26.0 Å². The van der Waals surface area contributed by atoms with Crippen LogP contribution in [0, 0.1) is 12.3 Å². The minimum Gasteiger partial charge on any atom is -0.467 e. The Balaban J connectivity index is -0.000000963. The van der Waals surface area contributed by atoms with Gasteiger partial charge in [-0.2, -0.15) is 25.7 Å². The summed E-state index contributed by atoms with van der Waals surface area (Å²) in [5.74, 6) is 0.417. The van der Waals surface area contributed by atoms with Crippen molar-refractivity contribution < 1.29 is 31.3 Å². The SMILES string of the molecule is COC(=O)OC[CH-][C@@H](C)CCc1ccccc1.P.P.[Cu+]. The quantitative estimate of drug-likeness (QED) is 0.335. The van der Waals surface area contributed by atoms with E-state index in [1.165, 1.54) is 12.7 Å². The summed E-state index contributed by atoms with van der Waals surface area (Å²) >= 11 is 0. The zero-order valence-electron chi connectivity index (χ0n) is 12.1. The van der Waals surface area contributed by atoms with Gasteiger partial charge in [0.05, 0.1) is 7.11 Å². The van der Waals surface area contributed by atoms with Crippen LogP contribution in [0.15, 0.2) is 30.3 Å². The first-order valence-corrected chi connectivity index (χ1v) is 5.80. The van der Waals surface area contributed by atoms with Crippen molar-refractivity contribution in [2.45, 2.75) is 19.8 Å². The molecule has 0 aliphatic rings. The zero-order valence-corrected chi connectivity index (χ0v) is 15.9. The number of hydrogen-bond acceptors (Lipinski definition) is 3. The van der Waals surface area contributed by atoms with Crippen LogP contribution in [-0.2, 0) is 33.0 Å². The van der Waals surface area contributed by atoms with E-state index < -0.39 is 6.16 Å². The van der Waals surface area contributed by atoms with Gasteiger partial charge in [-0.15, -0.1) is 0 Å². The Morgan fingerprint density at radius 1 is 1.25 bits per heavy atom. The van der Waals surface area contributed by atoms with Gasteiger partial charge in [0.1, 0.15) is 0 Å². The number of rotatable bonds is 6. The molecule has 0 fully saturated rings. The first-order valence-electron chi connectivity index (χ1n) is 5.80. The second-order valence-corrected chi connectivity index (χ2v) is 4.00. The van der Waals surface area contributed by atoms with Crippen LogP contribution >= 0.6 is 19.8 Å². The molecule has 3 atom stereocenters. The Bertz CT molecular complexity index is 336. The molecule has 3 nitrogen and oxygen atoms in total.